The third-order valence-corrected chi connectivity index (χ3v) is 3.83. The van der Waals surface area contributed by atoms with E-state index in [4.69, 9.17) is 0 Å². The van der Waals surface area contributed by atoms with E-state index in [1.807, 2.05) is 20.2 Å². The summed E-state index contributed by atoms with van der Waals surface area (Å²) in [7, 11) is 1.84. The molecule has 2 fully saturated rings. The van der Waals surface area contributed by atoms with Gasteiger partial charge in [-0.2, -0.15) is 0 Å². The van der Waals surface area contributed by atoms with Gasteiger partial charge in [0.25, 0.3) is 5.91 Å². The molecule has 0 spiro atoms. The van der Waals surface area contributed by atoms with Gasteiger partial charge in [-0.3, -0.25) is 4.79 Å². The minimum absolute atomic E-state index is 0.208. The molecule has 1 saturated carbocycles. The van der Waals surface area contributed by atoms with Gasteiger partial charge in [-0.05, 0) is 25.3 Å². The van der Waals surface area contributed by atoms with Crippen molar-refractivity contribution >= 4 is 5.91 Å². The van der Waals surface area contributed by atoms with Gasteiger partial charge < -0.3 is 10.2 Å². The van der Waals surface area contributed by atoms with Crippen LogP contribution in [0.5, 0.6) is 0 Å². The van der Waals surface area contributed by atoms with E-state index in [2.05, 4.69) is 16.3 Å². The van der Waals surface area contributed by atoms with Gasteiger partial charge in [0.15, 0.2) is 0 Å². The van der Waals surface area contributed by atoms with Crippen LogP contribution in [-0.2, 0) is 4.79 Å². The molecule has 3 heteroatoms. The predicted octanol–water partition coefficient (Wildman–Crippen LogP) is 2.21. The highest BCUT2D eigenvalue weighted by Gasteiger charge is 2.34. The highest BCUT2D eigenvalue weighted by Crippen LogP contribution is 2.30. The Balaban J connectivity index is 2.16. The average molecular weight is 234 g/mol. The minimum atomic E-state index is 0.208. The zero-order valence-corrected chi connectivity index (χ0v) is 10.8. The molecule has 94 valence electrons. The van der Waals surface area contributed by atoms with Gasteiger partial charge in [0.2, 0.25) is 0 Å². The summed E-state index contributed by atoms with van der Waals surface area (Å²) >= 11 is 0. The van der Waals surface area contributed by atoms with Crippen molar-refractivity contribution in [1.82, 2.24) is 10.2 Å². The number of nitrogens with one attached hydrogen (secondary N) is 1. The maximum absolute atomic E-state index is 12.3. The molecule has 0 atom stereocenters. The molecule has 0 aromatic rings. The highest BCUT2D eigenvalue weighted by atomic mass is 16.2. The number of allylic oxidation sites excluding steroid dienone is 1. The third-order valence-electron chi connectivity index (χ3n) is 3.83. The Hall–Kier alpha value is -1.25. The van der Waals surface area contributed by atoms with E-state index in [1.165, 1.54) is 32.1 Å². The van der Waals surface area contributed by atoms with Gasteiger partial charge in [0.05, 0.1) is 5.57 Å². The molecule has 1 heterocycles. The highest BCUT2D eigenvalue weighted by molar-refractivity contribution is 6.01. The number of carbonyl (C=O) groups is 1. The molecular weight excluding hydrogens is 212 g/mol. The molecule has 17 heavy (non-hydrogen) atoms. The molecule has 0 radical (unpaired) electrons. The number of carbonyl (C=O) groups excluding carboxylic acids is 1. The second kappa shape index (κ2) is 5.39. The predicted molar refractivity (Wildman–Crippen MR) is 69.5 cm³/mol. The van der Waals surface area contributed by atoms with Crippen LogP contribution in [0.2, 0.25) is 0 Å². The molecule has 3 nitrogen and oxygen atoms in total. The van der Waals surface area contributed by atoms with Crippen molar-refractivity contribution in [3.8, 4) is 0 Å². The fourth-order valence-electron chi connectivity index (χ4n) is 2.87. The van der Waals surface area contributed by atoms with Crippen molar-refractivity contribution in [3.63, 3.8) is 0 Å². The summed E-state index contributed by atoms with van der Waals surface area (Å²) < 4.78 is 0. The van der Waals surface area contributed by atoms with E-state index in [1.54, 1.807) is 0 Å². The summed E-state index contributed by atoms with van der Waals surface area (Å²) in [5.41, 5.74) is 2.01. The second-order valence-corrected chi connectivity index (χ2v) is 4.89. The Morgan fingerprint density at radius 3 is 2.59 bits per heavy atom. The number of hydrogen-bond donors (Lipinski definition) is 1. The lowest BCUT2D eigenvalue weighted by Gasteiger charge is -2.30. The number of likely N-dealkylation sites (tertiary alicyclic amines) is 1. The van der Waals surface area contributed by atoms with E-state index in [0.717, 1.165) is 17.7 Å². The molecule has 0 aromatic carbocycles. The van der Waals surface area contributed by atoms with Crippen LogP contribution < -0.4 is 5.32 Å². The zero-order valence-electron chi connectivity index (χ0n) is 10.8. The van der Waals surface area contributed by atoms with E-state index in [0.29, 0.717) is 6.04 Å². The molecule has 0 aromatic heterocycles. The summed E-state index contributed by atoms with van der Waals surface area (Å²) in [6, 6.07) is 0.467. The molecule has 0 bridgehead atoms. The maximum Gasteiger partial charge on any atom is 0.256 e. The van der Waals surface area contributed by atoms with Gasteiger partial charge >= 0.3 is 0 Å². The van der Waals surface area contributed by atoms with E-state index in [-0.39, 0.29) is 5.91 Å². The SMILES string of the molecule is C/C=C1/CN(C2CCCCC2)C(=O)/C1=C/NC. The molecule has 1 N–H and O–H groups in total. The Kier molecular flexibility index (Phi) is 3.87. The van der Waals surface area contributed by atoms with Crippen molar-refractivity contribution in [2.75, 3.05) is 13.6 Å². The number of hydrogen-bond acceptors (Lipinski definition) is 2. The van der Waals surface area contributed by atoms with Crippen LogP contribution in [0.25, 0.3) is 0 Å². The van der Waals surface area contributed by atoms with Crippen LogP contribution in [0.4, 0.5) is 0 Å². The first-order valence-electron chi connectivity index (χ1n) is 6.62. The van der Waals surface area contributed by atoms with Crippen LogP contribution in [0.15, 0.2) is 23.4 Å². The first-order chi connectivity index (χ1) is 8.27. The van der Waals surface area contributed by atoms with Crippen molar-refractivity contribution in [3.05, 3.63) is 23.4 Å². The molecule has 2 aliphatic rings. The minimum Gasteiger partial charge on any atom is -0.393 e. The largest absolute Gasteiger partial charge is 0.393 e. The quantitative estimate of drug-likeness (QED) is 0.743. The summed E-state index contributed by atoms with van der Waals surface area (Å²) in [6.45, 7) is 2.81. The van der Waals surface area contributed by atoms with Gasteiger partial charge in [-0.1, -0.05) is 25.3 Å². The van der Waals surface area contributed by atoms with Gasteiger partial charge in [-0.25, -0.2) is 0 Å². The van der Waals surface area contributed by atoms with Crippen LogP contribution in [0, 0.1) is 0 Å². The Morgan fingerprint density at radius 2 is 2.00 bits per heavy atom. The molecular formula is C14H22N2O. The van der Waals surface area contributed by atoms with Gasteiger partial charge in [0.1, 0.15) is 0 Å². The Bertz CT molecular complexity index is 351. The lowest BCUT2D eigenvalue weighted by atomic mass is 9.94. The number of rotatable bonds is 2. The fraction of sp³-hybridized carbons (Fsp3) is 0.643. The van der Waals surface area contributed by atoms with Gasteiger partial charge in [-0.15, -0.1) is 0 Å². The summed E-state index contributed by atoms with van der Waals surface area (Å²) in [6.07, 6.45) is 10.1. The molecule has 2 rings (SSSR count). The first kappa shape index (κ1) is 12.2. The lowest BCUT2D eigenvalue weighted by Crippen LogP contribution is -2.37. The zero-order chi connectivity index (χ0) is 12.3. The Morgan fingerprint density at radius 1 is 1.29 bits per heavy atom. The van der Waals surface area contributed by atoms with Crippen LogP contribution >= 0.6 is 0 Å². The van der Waals surface area contributed by atoms with E-state index >= 15 is 0 Å². The Labute approximate surface area is 104 Å². The molecule has 1 aliphatic heterocycles. The molecule has 1 amide bonds. The van der Waals surface area contributed by atoms with Crippen LogP contribution in [0.1, 0.15) is 39.0 Å². The maximum atomic E-state index is 12.3. The molecule has 1 aliphatic carbocycles. The number of amides is 1. The molecule has 1 saturated heterocycles. The summed E-state index contributed by atoms with van der Waals surface area (Å²) in [5, 5.41) is 2.98. The topological polar surface area (TPSA) is 32.3 Å². The second-order valence-electron chi connectivity index (χ2n) is 4.89. The summed E-state index contributed by atoms with van der Waals surface area (Å²) in [5.74, 6) is 0.208. The fourth-order valence-corrected chi connectivity index (χ4v) is 2.87. The van der Waals surface area contributed by atoms with Crippen LogP contribution in [-0.4, -0.2) is 30.4 Å². The average Bonchev–Trinajstić information content (AvgIpc) is 2.69. The third kappa shape index (κ3) is 2.38. The van der Waals surface area contributed by atoms with Gasteiger partial charge in [0, 0.05) is 25.8 Å². The lowest BCUT2D eigenvalue weighted by molar-refractivity contribution is -0.127. The van der Waals surface area contributed by atoms with E-state index < -0.39 is 0 Å². The van der Waals surface area contributed by atoms with Crippen molar-refractivity contribution in [2.24, 2.45) is 0 Å². The normalized spacial score (nSPS) is 27.2. The molecule has 0 unspecified atom stereocenters. The first-order valence-corrected chi connectivity index (χ1v) is 6.62. The van der Waals surface area contributed by atoms with E-state index in [9.17, 15) is 4.79 Å². The van der Waals surface area contributed by atoms with Crippen molar-refractivity contribution in [2.45, 2.75) is 45.1 Å². The van der Waals surface area contributed by atoms with Crippen molar-refractivity contribution < 1.29 is 4.79 Å². The monoisotopic (exact) mass is 234 g/mol. The van der Waals surface area contributed by atoms with Crippen molar-refractivity contribution in [1.29, 1.82) is 0 Å². The summed E-state index contributed by atoms with van der Waals surface area (Å²) in [4.78, 5) is 14.4. The smallest absolute Gasteiger partial charge is 0.256 e. The van der Waals surface area contributed by atoms with Crippen LogP contribution in [0.3, 0.4) is 0 Å². The number of nitrogens with zero attached hydrogens (tertiary/aromatic N) is 1. The standard InChI is InChI=1S/C14H22N2O/c1-3-11-10-16(12-7-5-4-6-8-12)14(17)13(11)9-15-2/h3,9,12,15H,4-8,10H2,1-2H3/b11-3-,13-9+.